The van der Waals surface area contributed by atoms with Crippen LogP contribution in [0.5, 0.6) is 0 Å². The van der Waals surface area contributed by atoms with E-state index in [1.807, 2.05) is 25.1 Å². The molecule has 5 heteroatoms. The van der Waals surface area contributed by atoms with Gasteiger partial charge in [0.25, 0.3) is 0 Å². The SMILES string of the molecule is Br.Cc1cc(CSc2ccncc2)on1. The fraction of sp³-hybridized carbons (Fsp3) is 0.200. The van der Waals surface area contributed by atoms with Crippen molar-refractivity contribution < 1.29 is 4.52 Å². The molecule has 3 nitrogen and oxygen atoms in total. The molecule has 0 aromatic carbocycles. The van der Waals surface area contributed by atoms with Gasteiger partial charge in [-0.1, -0.05) is 5.16 Å². The Morgan fingerprint density at radius 1 is 1.33 bits per heavy atom. The minimum absolute atomic E-state index is 0. The lowest BCUT2D eigenvalue weighted by Gasteiger charge is -1.96. The number of aryl methyl sites for hydroxylation is 1. The smallest absolute Gasteiger partial charge is 0.147 e. The number of aromatic nitrogens is 2. The molecule has 0 saturated carbocycles. The number of halogens is 1. The van der Waals surface area contributed by atoms with E-state index in [0.717, 1.165) is 17.2 Å². The molecule has 0 fully saturated rings. The van der Waals surface area contributed by atoms with Crippen LogP contribution in [0.3, 0.4) is 0 Å². The number of pyridine rings is 1. The second kappa shape index (κ2) is 5.92. The molecular formula is C10H11BrN2OS. The van der Waals surface area contributed by atoms with Crippen molar-refractivity contribution >= 4 is 28.7 Å². The highest BCUT2D eigenvalue weighted by Gasteiger charge is 2.01. The molecule has 80 valence electrons. The van der Waals surface area contributed by atoms with E-state index in [1.54, 1.807) is 24.2 Å². The minimum atomic E-state index is 0. The number of nitrogens with zero attached hydrogens (tertiary/aromatic N) is 2. The average molecular weight is 287 g/mol. The summed E-state index contributed by atoms with van der Waals surface area (Å²) >= 11 is 1.71. The number of thioether (sulfide) groups is 1. The lowest BCUT2D eigenvalue weighted by Crippen LogP contribution is -1.76. The van der Waals surface area contributed by atoms with E-state index in [1.165, 1.54) is 4.90 Å². The van der Waals surface area contributed by atoms with Crippen LogP contribution in [-0.2, 0) is 5.75 Å². The lowest BCUT2D eigenvalue weighted by molar-refractivity contribution is 0.391. The van der Waals surface area contributed by atoms with Crippen LogP contribution in [0.25, 0.3) is 0 Å². The van der Waals surface area contributed by atoms with Crippen LogP contribution in [0.4, 0.5) is 0 Å². The minimum Gasteiger partial charge on any atom is -0.360 e. The van der Waals surface area contributed by atoms with Crippen molar-refractivity contribution in [3.63, 3.8) is 0 Å². The van der Waals surface area contributed by atoms with Crippen molar-refractivity contribution in [3.05, 3.63) is 42.0 Å². The third kappa shape index (κ3) is 3.68. The van der Waals surface area contributed by atoms with Crippen LogP contribution in [-0.4, -0.2) is 10.1 Å². The number of hydrogen-bond acceptors (Lipinski definition) is 4. The van der Waals surface area contributed by atoms with Crippen molar-refractivity contribution in [1.82, 2.24) is 10.1 Å². The summed E-state index contributed by atoms with van der Waals surface area (Å²) in [6, 6.07) is 5.91. The zero-order valence-corrected chi connectivity index (χ0v) is 10.7. The predicted molar refractivity (Wildman–Crippen MR) is 65.4 cm³/mol. The molecule has 0 saturated heterocycles. The largest absolute Gasteiger partial charge is 0.360 e. The molecule has 0 atom stereocenters. The first-order valence-electron chi connectivity index (χ1n) is 4.29. The lowest BCUT2D eigenvalue weighted by atomic mass is 10.4. The van der Waals surface area contributed by atoms with Crippen LogP contribution in [0.1, 0.15) is 11.5 Å². The summed E-state index contributed by atoms with van der Waals surface area (Å²) in [5, 5.41) is 3.83. The Balaban J connectivity index is 0.00000112. The van der Waals surface area contributed by atoms with Gasteiger partial charge >= 0.3 is 0 Å². The molecule has 0 aliphatic heterocycles. The van der Waals surface area contributed by atoms with Crippen LogP contribution in [0.15, 0.2) is 40.0 Å². The molecule has 0 aliphatic carbocycles. The first-order chi connectivity index (χ1) is 6.84. The van der Waals surface area contributed by atoms with Gasteiger partial charge in [0.2, 0.25) is 0 Å². The average Bonchev–Trinajstić information content (AvgIpc) is 2.63. The van der Waals surface area contributed by atoms with Crippen molar-refractivity contribution in [2.45, 2.75) is 17.6 Å². The Labute approximate surface area is 103 Å². The van der Waals surface area contributed by atoms with Gasteiger partial charge in [0.05, 0.1) is 11.4 Å². The molecule has 0 spiro atoms. The number of hydrogen-bond donors (Lipinski definition) is 0. The van der Waals surface area contributed by atoms with Crippen LogP contribution >= 0.6 is 28.7 Å². The van der Waals surface area contributed by atoms with Gasteiger partial charge in [-0.2, -0.15) is 0 Å². The van der Waals surface area contributed by atoms with Crippen LogP contribution in [0.2, 0.25) is 0 Å². The second-order valence-electron chi connectivity index (χ2n) is 2.91. The molecule has 2 aromatic heterocycles. The predicted octanol–water partition coefficient (Wildman–Crippen LogP) is 3.25. The van der Waals surface area contributed by atoms with Crippen molar-refractivity contribution in [1.29, 1.82) is 0 Å². The molecule has 0 radical (unpaired) electrons. The molecule has 0 bridgehead atoms. The summed E-state index contributed by atoms with van der Waals surface area (Å²) in [5.74, 6) is 1.72. The number of rotatable bonds is 3. The topological polar surface area (TPSA) is 38.9 Å². The molecule has 2 rings (SSSR count). The summed E-state index contributed by atoms with van der Waals surface area (Å²) in [7, 11) is 0. The van der Waals surface area contributed by atoms with E-state index in [4.69, 9.17) is 4.52 Å². The van der Waals surface area contributed by atoms with E-state index < -0.39 is 0 Å². The molecule has 2 aromatic rings. The second-order valence-corrected chi connectivity index (χ2v) is 3.95. The first-order valence-corrected chi connectivity index (χ1v) is 5.28. The summed E-state index contributed by atoms with van der Waals surface area (Å²) in [5.41, 5.74) is 0.926. The summed E-state index contributed by atoms with van der Waals surface area (Å²) in [6.45, 7) is 1.92. The van der Waals surface area contributed by atoms with E-state index in [2.05, 4.69) is 10.1 Å². The zero-order valence-electron chi connectivity index (χ0n) is 8.21. The molecule has 0 unspecified atom stereocenters. The van der Waals surface area contributed by atoms with Crippen LogP contribution in [0, 0.1) is 6.92 Å². The molecule has 0 aliphatic rings. The highest BCUT2D eigenvalue weighted by molar-refractivity contribution is 8.93. The maximum Gasteiger partial charge on any atom is 0.147 e. The van der Waals surface area contributed by atoms with E-state index >= 15 is 0 Å². The maximum absolute atomic E-state index is 5.10. The Hall–Kier alpha value is -0.810. The molecule has 15 heavy (non-hydrogen) atoms. The molecule has 2 heterocycles. The summed E-state index contributed by atoms with van der Waals surface area (Å²) < 4.78 is 5.10. The first kappa shape index (κ1) is 12.3. The van der Waals surface area contributed by atoms with Gasteiger partial charge in [-0.25, -0.2) is 0 Å². The van der Waals surface area contributed by atoms with Crippen LogP contribution < -0.4 is 0 Å². The van der Waals surface area contributed by atoms with Gasteiger partial charge in [-0.05, 0) is 19.1 Å². The summed E-state index contributed by atoms with van der Waals surface area (Å²) in [6.07, 6.45) is 3.57. The third-order valence-corrected chi connectivity index (χ3v) is 2.74. The Kier molecular flexibility index (Phi) is 4.84. The highest BCUT2D eigenvalue weighted by atomic mass is 79.9. The summed E-state index contributed by atoms with van der Waals surface area (Å²) in [4.78, 5) is 5.14. The Morgan fingerprint density at radius 2 is 2.07 bits per heavy atom. The van der Waals surface area contributed by atoms with Crippen molar-refractivity contribution in [2.24, 2.45) is 0 Å². The monoisotopic (exact) mass is 286 g/mol. The van der Waals surface area contributed by atoms with Gasteiger partial charge < -0.3 is 4.52 Å². The zero-order chi connectivity index (χ0) is 9.80. The van der Waals surface area contributed by atoms with E-state index in [0.29, 0.717) is 0 Å². The van der Waals surface area contributed by atoms with Crippen molar-refractivity contribution in [2.75, 3.05) is 0 Å². The van der Waals surface area contributed by atoms with Gasteiger partial charge in [-0.15, -0.1) is 28.7 Å². The fourth-order valence-electron chi connectivity index (χ4n) is 1.07. The van der Waals surface area contributed by atoms with Gasteiger partial charge in [0.1, 0.15) is 5.76 Å². The normalized spacial score (nSPS) is 9.67. The van der Waals surface area contributed by atoms with Gasteiger partial charge in [-0.3, -0.25) is 4.98 Å². The van der Waals surface area contributed by atoms with Gasteiger partial charge in [0.15, 0.2) is 0 Å². The Morgan fingerprint density at radius 3 is 2.67 bits per heavy atom. The molecule has 0 amide bonds. The standard InChI is InChI=1S/C10H10N2OS.BrH/c1-8-6-9(13-12-8)7-14-10-2-4-11-5-3-10;/h2-6H,7H2,1H3;1H. The van der Waals surface area contributed by atoms with E-state index in [9.17, 15) is 0 Å². The van der Waals surface area contributed by atoms with Crippen molar-refractivity contribution in [3.8, 4) is 0 Å². The van der Waals surface area contributed by atoms with Gasteiger partial charge in [0, 0.05) is 23.4 Å². The maximum atomic E-state index is 5.10. The van der Waals surface area contributed by atoms with E-state index in [-0.39, 0.29) is 17.0 Å². The quantitative estimate of drug-likeness (QED) is 0.812. The third-order valence-electron chi connectivity index (χ3n) is 1.71. The molecular weight excluding hydrogens is 276 g/mol. The molecule has 0 N–H and O–H groups in total. The fourth-order valence-corrected chi connectivity index (χ4v) is 1.83. The highest BCUT2D eigenvalue weighted by Crippen LogP contribution is 2.21. The Bertz CT molecular complexity index is 405.